The van der Waals surface area contributed by atoms with Gasteiger partial charge >= 0.3 is 6.61 Å². The lowest BCUT2D eigenvalue weighted by molar-refractivity contribution is -0.0515. The molecule has 0 atom stereocenters. The van der Waals surface area contributed by atoms with Crippen molar-refractivity contribution in [3.63, 3.8) is 0 Å². The molecule has 1 heterocycles. The van der Waals surface area contributed by atoms with Crippen molar-refractivity contribution in [1.82, 2.24) is 4.98 Å². The Morgan fingerprint density at radius 3 is 2.60 bits per heavy atom. The Balaban J connectivity index is 1.86. The van der Waals surface area contributed by atoms with Gasteiger partial charge in [-0.2, -0.15) is 8.78 Å². The van der Waals surface area contributed by atoms with Gasteiger partial charge < -0.3 is 9.47 Å². The molecule has 0 aliphatic heterocycles. The lowest BCUT2D eigenvalue weighted by Gasteiger charge is -2.13. The number of hydrogen-bond donors (Lipinski definition) is 0. The molecule has 0 amide bonds. The summed E-state index contributed by atoms with van der Waals surface area (Å²) in [5.41, 5.74) is 3.12. The Kier molecular flexibility index (Phi) is 5.64. The number of allylic oxidation sites excluding steroid dienone is 1. The highest BCUT2D eigenvalue weighted by Gasteiger charge is 2.23. The molecule has 0 radical (unpaired) electrons. The Morgan fingerprint density at radius 1 is 1.20 bits per heavy atom. The minimum atomic E-state index is -2.87. The standard InChI is InChI=1S/C20H21F2NO2/c1-2-16(17-7-9-23-10-8-17)11-15-5-6-18(25-20(21)22)19(12-15)24-13-14-3-4-14/h5-12,14,20H,2-4,13H2,1H3. The van der Waals surface area contributed by atoms with Crippen LogP contribution in [0.5, 0.6) is 11.5 Å². The lowest BCUT2D eigenvalue weighted by atomic mass is 10.0. The summed E-state index contributed by atoms with van der Waals surface area (Å²) in [6.07, 6.45) is 8.65. The van der Waals surface area contributed by atoms with Crippen molar-refractivity contribution in [2.45, 2.75) is 32.8 Å². The van der Waals surface area contributed by atoms with Crippen LogP contribution < -0.4 is 9.47 Å². The average Bonchev–Trinajstić information content (AvgIpc) is 3.44. The van der Waals surface area contributed by atoms with E-state index in [1.807, 2.05) is 18.2 Å². The zero-order valence-corrected chi connectivity index (χ0v) is 14.1. The Labute approximate surface area is 146 Å². The van der Waals surface area contributed by atoms with Gasteiger partial charge in [0, 0.05) is 12.4 Å². The molecule has 1 aliphatic carbocycles. The Morgan fingerprint density at radius 2 is 1.96 bits per heavy atom. The van der Waals surface area contributed by atoms with Crippen LogP contribution in [0.25, 0.3) is 11.6 Å². The predicted molar refractivity (Wildman–Crippen MR) is 93.7 cm³/mol. The maximum absolute atomic E-state index is 12.6. The lowest BCUT2D eigenvalue weighted by Crippen LogP contribution is -2.06. The van der Waals surface area contributed by atoms with Crippen LogP contribution in [0.1, 0.15) is 37.3 Å². The van der Waals surface area contributed by atoms with Crippen molar-refractivity contribution < 1.29 is 18.3 Å². The number of alkyl halides is 2. The molecule has 0 unspecified atom stereocenters. The van der Waals surface area contributed by atoms with Crippen LogP contribution >= 0.6 is 0 Å². The predicted octanol–water partition coefficient (Wildman–Crippen LogP) is 5.42. The zero-order valence-electron chi connectivity index (χ0n) is 14.1. The Hall–Kier alpha value is -2.43. The van der Waals surface area contributed by atoms with E-state index in [1.165, 1.54) is 0 Å². The van der Waals surface area contributed by atoms with Crippen LogP contribution in [0.15, 0.2) is 42.7 Å². The SMILES string of the molecule is CCC(=Cc1ccc(OC(F)F)c(OCC2CC2)c1)c1ccncc1. The fourth-order valence-electron chi connectivity index (χ4n) is 2.57. The molecular weight excluding hydrogens is 324 g/mol. The molecule has 1 saturated carbocycles. The summed E-state index contributed by atoms with van der Waals surface area (Å²) in [6, 6.07) is 8.97. The third-order valence-electron chi connectivity index (χ3n) is 4.13. The van der Waals surface area contributed by atoms with Gasteiger partial charge in [-0.25, -0.2) is 0 Å². The van der Waals surface area contributed by atoms with Crippen LogP contribution in [0.4, 0.5) is 8.78 Å². The van der Waals surface area contributed by atoms with Crippen molar-refractivity contribution in [3.05, 3.63) is 53.9 Å². The second-order valence-corrected chi connectivity index (χ2v) is 6.10. The Bertz CT molecular complexity index is 728. The van der Waals surface area contributed by atoms with Gasteiger partial charge in [0.1, 0.15) is 0 Å². The molecule has 5 heteroatoms. The zero-order chi connectivity index (χ0) is 17.6. The molecule has 2 aromatic rings. The first-order valence-corrected chi connectivity index (χ1v) is 8.48. The van der Waals surface area contributed by atoms with Crippen LogP contribution in [0.3, 0.4) is 0 Å². The molecule has 0 N–H and O–H groups in total. The van der Waals surface area contributed by atoms with E-state index in [-0.39, 0.29) is 5.75 Å². The van der Waals surface area contributed by atoms with Crippen molar-refractivity contribution in [1.29, 1.82) is 0 Å². The van der Waals surface area contributed by atoms with E-state index >= 15 is 0 Å². The van der Waals surface area contributed by atoms with E-state index in [0.29, 0.717) is 18.3 Å². The molecule has 0 bridgehead atoms. The molecule has 1 aliphatic rings. The largest absolute Gasteiger partial charge is 0.489 e. The van der Waals surface area contributed by atoms with Crippen LogP contribution in [0.2, 0.25) is 0 Å². The van der Waals surface area contributed by atoms with Gasteiger partial charge in [-0.15, -0.1) is 0 Å². The summed E-state index contributed by atoms with van der Waals surface area (Å²) in [5.74, 6) is 0.975. The van der Waals surface area contributed by atoms with Crippen LogP contribution in [0, 0.1) is 5.92 Å². The molecule has 0 saturated heterocycles. The number of halogens is 2. The number of benzene rings is 1. The minimum absolute atomic E-state index is 0.0785. The maximum Gasteiger partial charge on any atom is 0.387 e. The highest BCUT2D eigenvalue weighted by molar-refractivity contribution is 5.81. The second-order valence-electron chi connectivity index (χ2n) is 6.10. The molecule has 1 aromatic heterocycles. The number of rotatable bonds is 8. The van der Waals surface area contributed by atoms with Gasteiger partial charge in [-0.3, -0.25) is 4.98 Å². The van der Waals surface area contributed by atoms with E-state index in [1.54, 1.807) is 30.6 Å². The molecule has 1 fully saturated rings. The van der Waals surface area contributed by atoms with Gasteiger partial charge in [-0.05, 0) is 66.1 Å². The third kappa shape index (κ3) is 5.02. The summed E-state index contributed by atoms with van der Waals surface area (Å²) in [4.78, 5) is 4.03. The van der Waals surface area contributed by atoms with Crippen molar-refractivity contribution in [3.8, 4) is 11.5 Å². The summed E-state index contributed by atoms with van der Waals surface area (Å²) in [7, 11) is 0. The highest BCUT2D eigenvalue weighted by atomic mass is 19.3. The van der Waals surface area contributed by atoms with Crippen molar-refractivity contribution in [2.24, 2.45) is 5.92 Å². The number of ether oxygens (including phenoxy) is 2. The van der Waals surface area contributed by atoms with E-state index in [9.17, 15) is 8.78 Å². The quantitative estimate of drug-likeness (QED) is 0.640. The first-order valence-electron chi connectivity index (χ1n) is 8.48. The summed E-state index contributed by atoms with van der Waals surface area (Å²) in [5, 5.41) is 0. The first kappa shape index (κ1) is 17.4. The van der Waals surface area contributed by atoms with E-state index in [4.69, 9.17) is 4.74 Å². The van der Waals surface area contributed by atoms with Crippen LogP contribution in [-0.4, -0.2) is 18.2 Å². The average molecular weight is 345 g/mol. The molecule has 3 rings (SSSR count). The fourth-order valence-corrected chi connectivity index (χ4v) is 2.57. The third-order valence-corrected chi connectivity index (χ3v) is 4.13. The number of aromatic nitrogens is 1. The van der Waals surface area contributed by atoms with Crippen molar-refractivity contribution in [2.75, 3.05) is 6.61 Å². The van der Waals surface area contributed by atoms with Gasteiger partial charge in [-0.1, -0.05) is 19.1 Å². The van der Waals surface area contributed by atoms with Gasteiger partial charge in [0.15, 0.2) is 11.5 Å². The topological polar surface area (TPSA) is 31.4 Å². The minimum Gasteiger partial charge on any atom is -0.489 e. The van der Waals surface area contributed by atoms with E-state index < -0.39 is 6.61 Å². The van der Waals surface area contributed by atoms with Crippen LogP contribution in [-0.2, 0) is 0 Å². The normalized spacial score (nSPS) is 14.6. The van der Waals surface area contributed by atoms with Gasteiger partial charge in [0.25, 0.3) is 0 Å². The van der Waals surface area contributed by atoms with Crippen molar-refractivity contribution >= 4 is 11.6 Å². The summed E-state index contributed by atoms with van der Waals surface area (Å²) in [6.45, 7) is -0.254. The molecule has 0 spiro atoms. The maximum atomic E-state index is 12.6. The number of hydrogen-bond acceptors (Lipinski definition) is 3. The molecule has 132 valence electrons. The fraction of sp³-hybridized carbons (Fsp3) is 0.350. The number of nitrogens with zero attached hydrogens (tertiary/aromatic N) is 1. The molecular formula is C20H21F2NO2. The number of pyridine rings is 1. The summed E-state index contributed by atoms with van der Waals surface area (Å²) < 4.78 is 35.5. The summed E-state index contributed by atoms with van der Waals surface area (Å²) >= 11 is 0. The highest BCUT2D eigenvalue weighted by Crippen LogP contribution is 2.35. The van der Waals surface area contributed by atoms with E-state index in [2.05, 4.69) is 16.6 Å². The monoisotopic (exact) mass is 345 g/mol. The van der Waals surface area contributed by atoms with Gasteiger partial charge in [0.2, 0.25) is 0 Å². The molecule has 3 nitrogen and oxygen atoms in total. The smallest absolute Gasteiger partial charge is 0.387 e. The van der Waals surface area contributed by atoms with E-state index in [0.717, 1.165) is 36.0 Å². The second kappa shape index (κ2) is 8.10. The van der Waals surface area contributed by atoms with Gasteiger partial charge in [0.05, 0.1) is 6.61 Å². The molecule has 1 aromatic carbocycles. The first-order chi connectivity index (χ1) is 12.2. The molecule has 25 heavy (non-hydrogen) atoms.